The lowest BCUT2D eigenvalue weighted by molar-refractivity contribution is 0.227. The average Bonchev–Trinajstić information content (AvgIpc) is 2.08. The van der Waals surface area contributed by atoms with Gasteiger partial charge < -0.3 is 5.11 Å². The summed E-state index contributed by atoms with van der Waals surface area (Å²) in [5.74, 6) is -0.321. The first-order valence-electron chi connectivity index (χ1n) is 4.28. The molecule has 0 saturated heterocycles. The van der Waals surface area contributed by atoms with Gasteiger partial charge in [-0.15, -0.1) is 0 Å². The zero-order valence-electron chi connectivity index (χ0n) is 8.09. The largest absolute Gasteiger partial charge is 0.384 e. The Balaban J connectivity index is 2.97. The van der Waals surface area contributed by atoms with E-state index in [2.05, 4.69) is 15.9 Å². The molecule has 1 N–H and O–H groups in total. The molecule has 0 fully saturated rings. The molecule has 0 spiro atoms. The smallest absolute Gasteiger partial charge is 0.137 e. The van der Waals surface area contributed by atoms with Crippen molar-refractivity contribution in [3.8, 4) is 0 Å². The Bertz CT molecular complexity index is 356. The Labute approximate surface area is 91.4 Å². The molecule has 1 atom stereocenters. The van der Waals surface area contributed by atoms with Crippen molar-refractivity contribution in [3.05, 3.63) is 45.7 Å². The van der Waals surface area contributed by atoms with E-state index in [-0.39, 0.29) is 5.82 Å². The fourth-order valence-electron chi connectivity index (χ4n) is 1.11. The lowest BCUT2D eigenvalue weighted by atomic mass is 10.1. The summed E-state index contributed by atoms with van der Waals surface area (Å²) in [4.78, 5) is 0. The van der Waals surface area contributed by atoms with E-state index in [1.165, 1.54) is 6.07 Å². The number of hydrogen-bond acceptors (Lipinski definition) is 1. The van der Waals surface area contributed by atoms with Crippen LogP contribution in [0.4, 0.5) is 4.39 Å². The molecule has 0 aliphatic carbocycles. The van der Waals surface area contributed by atoms with E-state index >= 15 is 0 Å². The van der Waals surface area contributed by atoms with Gasteiger partial charge >= 0.3 is 0 Å². The minimum Gasteiger partial charge on any atom is -0.384 e. The van der Waals surface area contributed by atoms with E-state index in [9.17, 15) is 9.50 Å². The summed E-state index contributed by atoms with van der Waals surface area (Å²) in [6.07, 6.45) is 1.05. The van der Waals surface area contributed by atoms with E-state index in [1.807, 2.05) is 13.8 Å². The molecule has 1 rings (SSSR count). The molecule has 0 aliphatic heterocycles. The summed E-state index contributed by atoms with van der Waals surface area (Å²) in [5, 5.41) is 9.69. The van der Waals surface area contributed by atoms with Gasteiger partial charge in [0.05, 0.1) is 10.6 Å². The molecule has 0 amide bonds. The van der Waals surface area contributed by atoms with Crippen molar-refractivity contribution >= 4 is 15.9 Å². The molecule has 0 heterocycles. The SMILES string of the molecule is CC(C)=CC(O)c1ccc(F)c(Br)c1. The van der Waals surface area contributed by atoms with Gasteiger partial charge in [0.2, 0.25) is 0 Å². The van der Waals surface area contributed by atoms with Gasteiger partial charge in [-0.25, -0.2) is 4.39 Å². The molecule has 1 nitrogen and oxygen atoms in total. The molecular formula is C11H12BrFO. The van der Waals surface area contributed by atoms with Crippen molar-refractivity contribution in [2.45, 2.75) is 20.0 Å². The number of benzene rings is 1. The van der Waals surface area contributed by atoms with Gasteiger partial charge in [0.1, 0.15) is 5.82 Å². The Morgan fingerprint density at radius 3 is 2.64 bits per heavy atom. The van der Waals surface area contributed by atoms with Gasteiger partial charge in [-0.1, -0.05) is 17.7 Å². The molecular weight excluding hydrogens is 247 g/mol. The van der Waals surface area contributed by atoms with Gasteiger partial charge in [0.25, 0.3) is 0 Å². The highest BCUT2D eigenvalue weighted by atomic mass is 79.9. The van der Waals surface area contributed by atoms with Crippen LogP contribution in [0.15, 0.2) is 34.3 Å². The minimum absolute atomic E-state index is 0.321. The predicted molar refractivity (Wildman–Crippen MR) is 58.5 cm³/mol. The first-order valence-corrected chi connectivity index (χ1v) is 5.08. The maximum atomic E-state index is 12.9. The van der Waals surface area contributed by atoms with Crippen molar-refractivity contribution in [1.29, 1.82) is 0 Å². The second-order valence-corrected chi connectivity index (χ2v) is 4.22. The van der Waals surface area contributed by atoms with Crippen molar-refractivity contribution in [2.24, 2.45) is 0 Å². The van der Waals surface area contributed by atoms with Crippen LogP contribution in [-0.4, -0.2) is 5.11 Å². The fourth-order valence-corrected chi connectivity index (χ4v) is 1.50. The highest BCUT2D eigenvalue weighted by molar-refractivity contribution is 9.10. The Morgan fingerprint density at radius 1 is 1.50 bits per heavy atom. The molecule has 1 unspecified atom stereocenters. The van der Waals surface area contributed by atoms with E-state index in [0.717, 1.165) is 5.57 Å². The summed E-state index contributed by atoms with van der Waals surface area (Å²) < 4.78 is 13.3. The number of rotatable bonds is 2. The van der Waals surface area contributed by atoms with E-state index < -0.39 is 6.10 Å². The number of halogens is 2. The standard InChI is InChI=1S/C11H12BrFO/c1-7(2)5-11(14)8-3-4-10(13)9(12)6-8/h3-6,11,14H,1-2H3. The lowest BCUT2D eigenvalue weighted by Gasteiger charge is -2.07. The average molecular weight is 259 g/mol. The summed E-state index contributed by atoms with van der Waals surface area (Å²) in [7, 11) is 0. The first kappa shape index (κ1) is 11.4. The van der Waals surface area contributed by atoms with Crippen LogP contribution in [0.1, 0.15) is 25.5 Å². The van der Waals surface area contributed by atoms with Crippen LogP contribution >= 0.6 is 15.9 Å². The maximum Gasteiger partial charge on any atom is 0.137 e. The molecule has 14 heavy (non-hydrogen) atoms. The molecule has 0 bridgehead atoms. The van der Waals surface area contributed by atoms with Crippen molar-refractivity contribution < 1.29 is 9.50 Å². The van der Waals surface area contributed by atoms with Crippen LogP contribution in [0.5, 0.6) is 0 Å². The monoisotopic (exact) mass is 258 g/mol. The van der Waals surface area contributed by atoms with Gasteiger partial charge in [-0.3, -0.25) is 0 Å². The highest BCUT2D eigenvalue weighted by Crippen LogP contribution is 2.22. The predicted octanol–water partition coefficient (Wildman–Crippen LogP) is 3.59. The molecule has 76 valence electrons. The molecule has 1 aromatic carbocycles. The summed E-state index contributed by atoms with van der Waals surface area (Å²) in [6.45, 7) is 3.81. The highest BCUT2D eigenvalue weighted by Gasteiger charge is 2.06. The van der Waals surface area contributed by atoms with E-state index in [4.69, 9.17) is 0 Å². The van der Waals surface area contributed by atoms with Gasteiger partial charge in [0.15, 0.2) is 0 Å². The zero-order valence-corrected chi connectivity index (χ0v) is 9.68. The summed E-state index contributed by atoms with van der Waals surface area (Å²) >= 11 is 3.07. The molecule has 0 radical (unpaired) electrons. The minimum atomic E-state index is -0.670. The van der Waals surface area contributed by atoms with Gasteiger partial charge in [-0.05, 0) is 47.5 Å². The Kier molecular flexibility index (Phi) is 3.84. The Morgan fingerprint density at radius 2 is 2.14 bits per heavy atom. The van der Waals surface area contributed by atoms with Crippen LogP contribution in [0.3, 0.4) is 0 Å². The van der Waals surface area contributed by atoms with Crippen molar-refractivity contribution in [2.75, 3.05) is 0 Å². The third-order valence-electron chi connectivity index (χ3n) is 1.78. The molecule has 0 aliphatic rings. The maximum absolute atomic E-state index is 12.9. The molecule has 0 aromatic heterocycles. The fraction of sp³-hybridized carbons (Fsp3) is 0.273. The summed E-state index contributed by atoms with van der Waals surface area (Å²) in [6, 6.07) is 4.49. The molecule has 0 saturated carbocycles. The lowest BCUT2D eigenvalue weighted by Crippen LogP contribution is -1.94. The molecule has 3 heteroatoms. The van der Waals surface area contributed by atoms with Crippen molar-refractivity contribution in [1.82, 2.24) is 0 Å². The van der Waals surface area contributed by atoms with Crippen LogP contribution in [0.25, 0.3) is 0 Å². The van der Waals surface area contributed by atoms with Crippen LogP contribution in [0, 0.1) is 5.82 Å². The van der Waals surface area contributed by atoms with Gasteiger partial charge in [-0.2, -0.15) is 0 Å². The molecule has 1 aromatic rings. The zero-order chi connectivity index (χ0) is 10.7. The second kappa shape index (κ2) is 4.71. The number of allylic oxidation sites excluding steroid dienone is 1. The van der Waals surface area contributed by atoms with E-state index in [0.29, 0.717) is 10.0 Å². The Hall–Kier alpha value is -0.670. The second-order valence-electron chi connectivity index (χ2n) is 3.36. The van der Waals surface area contributed by atoms with E-state index in [1.54, 1.807) is 18.2 Å². The normalized spacial score (nSPS) is 12.4. The van der Waals surface area contributed by atoms with Crippen LogP contribution < -0.4 is 0 Å². The number of aliphatic hydroxyl groups excluding tert-OH is 1. The topological polar surface area (TPSA) is 20.2 Å². The number of aliphatic hydroxyl groups is 1. The number of hydrogen-bond donors (Lipinski definition) is 1. The first-order chi connectivity index (χ1) is 6.50. The van der Waals surface area contributed by atoms with Crippen LogP contribution in [-0.2, 0) is 0 Å². The van der Waals surface area contributed by atoms with Crippen molar-refractivity contribution in [3.63, 3.8) is 0 Å². The quantitative estimate of drug-likeness (QED) is 0.805. The third kappa shape index (κ3) is 2.93. The third-order valence-corrected chi connectivity index (χ3v) is 2.38. The summed E-state index contributed by atoms with van der Waals surface area (Å²) in [5.41, 5.74) is 1.71. The van der Waals surface area contributed by atoms with Gasteiger partial charge in [0, 0.05) is 0 Å². The van der Waals surface area contributed by atoms with Crippen LogP contribution in [0.2, 0.25) is 0 Å².